The molecule has 1 aromatic rings. The number of carboxylic acid groups (broad SMARTS) is 1. The first-order valence-corrected chi connectivity index (χ1v) is 6.21. The maximum absolute atomic E-state index is 11.9. The average Bonchev–Trinajstić information content (AvgIpc) is 2.83. The number of imide groups is 1. The first kappa shape index (κ1) is 14.1. The molecule has 1 atom stereocenters. The number of nitrogens with zero attached hydrogens (tertiary/aromatic N) is 1. The molecule has 0 spiro atoms. The average molecular weight is 298 g/mol. The van der Waals surface area contributed by atoms with E-state index in [1.807, 2.05) is 0 Å². The van der Waals surface area contributed by atoms with Crippen LogP contribution in [-0.2, 0) is 4.79 Å². The van der Waals surface area contributed by atoms with Gasteiger partial charge in [0, 0.05) is 18.1 Å². The van der Waals surface area contributed by atoms with Gasteiger partial charge < -0.3 is 15.7 Å². The number of aliphatic carboxylic acids is 1. The molecule has 1 aliphatic heterocycles. The van der Waals surface area contributed by atoms with E-state index in [1.165, 1.54) is 24.3 Å². The highest BCUT2D eigenvalue weighted by Gasteiger charge is 2.30. The molecule has 1 heterocycles. The summed E-state index contributed by atoms with van der Waals surface area (Å²) in [6, 6.07) is 3.54. The van der Waals surface area contributed by atoms with Gasteiger partial charge in [-0.05, 0) is 17.7 Å². The fourth-order valence-electron chi connectivity index (χ4n) is 1.81. The van der Waals surface area contributed by atoms with E-state index in [0.717, 1.165) is 4.90 Å². The van der Waals surface area contributed by atoms with Crippen LogP contribution in [0.1, 0.15) is 11.6 Å². The molecule has 1 aromatic carbocycles. The molecule has 1 unspecified atom stereocenters. The van der Waals surface area contributed by atoms with E-state index in [9.17, 15) is 19.5 Å². The van der Waals surface area contributed by atoms with E-state index in [-0.39, 0.29) is 6.54 Å². The van der Waals surface area contributed by atoms with Crippen molar-refractivity contribution in [3.05, 3.63) is 34.9 Å². The number of benzene rings is 1. The lowest BCUT2D eigenvalue weighted by Crippen LogP contribution is -2.45. The fraction of sp³-hybridized carbons (Fsp3) is 0.250. The van der Waals surface area contributed by atoms with Crippen molar-refractivity contribution in [2.75, 3.05) is 13.1 Å². The molecule has 1 saturated heterocycles. The maximum atomic E-state index is 11.9. The molecule has 2 rings (SSSR count). The Bertz CT molecular complexity index is 546. The highest BCUT2D eigenvalue weighted by Crippen LogP contribution is 2.17. The van der Waals surface area contributed by atoms with E-state index in [1.54, 1.807) is 0 Å². The second-order valence-corrected chi connectivity index (χ2v) is 4.59. The number of carbonyl (C=O) groups excluding carboxylic acids is 2. The zero-order valence-electron chi connectivity index (χ0n) is 10.3. The number of carbonyl (C=O) groups is 3. The maximum Gasteiger partial charge on any atom is 0.330 e. The van der Waals surface area contributed by atoms with Crippen LogP contribution in [-0.4, -0.2) is 41.1 Å². The molecule has 0 radical (unpaired) electrons. The Morgan fingerprint density at radius 2 is 2.00 bits per heavy atom. The van der Waals surface area contributed by atoms with E-state index < -0.39 is 24.1 Å². The number of nitrogens with one attached hydrogen (secondary N) is 2. The van der Waals surface area contributed by atoms with Crippen LogP contribution in [0.3, 0.4) is 0 Å². The van der Waals surface area contributed by atoms with Crippen LogP contribution in [0.25, 0.3) is 0 Å². The lowest BCUT2D eigenvalue weighted by atomic mass is 10.1. The summed E-state index contributed by atoms with van der Waals surface area (Å²) in [7, 11) is 0. The first-order chi connectivity index (χ1) is 9.49. The number of carboxylic acids is 1. The number of halogens is 1. The van der Waals surface area contributed by atoms with E-state index in [4.69, 9.17) is 11.6 Å². The number of amides is 4. The summed E-state index contributed by atoms with van der Waals surface area (Å²) in [6.07, 6.45) is 0. The van der Waals surface area contributed by atoms with Crippen molar-refractivity contribution in [2.45, 2.75) is 6.04 Å². The molecule has 0 aliphatic carbocycles. The lowest BCUT2D eigenvalue weighted by molar-refractivity contribution is -0.139. The van der Waals surface area contributed by atoms with Gasteiger partial charge in [-0.1, -0.05) is 23.7 Å². The Morgan fingerprint density at radius 1 is 1.35 bits per heavy atom. The van der Waals surface area contributed by atoms with Crippen molar-refractivity contribution >= 4 is 29.6 Å². The third kappa shape index (κ3) is 3.00. The van der Waals surface area contributed by atoms with Gasteiger partial charge in [0.1, 0.15) is 0 Å². The molecule has 0 saturated carbocycles. The molecular formula is C12H12ClN3O4. The summed E-state index contributed by atoms with van der Waals surface area (Å²) in [5.41, 5.74) is 0.370. The number of rotatable bonds is 3. The Hall–Kier alpha value is -2.28. The molecule has 4 amide bonds. The third-order valence-electron chi connectivity index (χ3n) is 2.82. The van der Waals surface area contributed by atoms with Gasteiger partial charge in [0.25, 0.3) is 0 Å². The largest absolute Gasteiger partial charge is 0.479 e. The lowest BCUT2D eigenvalue weighted by Gasteiger charge is -2.19. The number of hydrogen-bond donors (Lipinski definition) is 3. The molecule has 106 valence electrons. The van der Waals surface area contributed by atoms with Gasteiger partial charge in [-0.2, -0.15) is 0 Å². The van der Waals surface area contributed by atoms with Crippen molar-refractivity contribution in [1.82, 2.24) is 15.5 Å². The van der Waals surface area contributed by atoms with Gasteiger partial charge in [-0.15, -0.1) is 0 Å². The highest BCUT2D eigenvalue weighted by atomic mass is 35.5. The molecular weight excluding hydrogens is 286 g/mol. The van der Waals surface area contributed by atoms with E-state index in [0.29, 0.717) is 17.1 Å². The van der Waals surface area contributed by atoms with Crippen LogP contribution in [0.4, 0.5) is 9.59 Å². The molecule has 3 N–H and O–H groups in total. The quantitative estimate of drug-likeness (QED) is 0.780. The fourth-order valence-corrected chi connectivity index (χ4v) is 1.94. The zero-order valence-corrected chi connectivity index (χ0v) is 11.1. The standard InChI is InChI=1S/C12H12ClN3O4/c13-8-3-1-7(2-4-8)9(10(17)18)15-12(20)16-6-5-14-11(16)19/h1-4,9H,5-6H2,(H,14,19)(H,15,20)(H,17,18). The van der Waals surface area contributed by atoms with Crippen LogP contribution < -0.4 is 10.6 Å². The molecule has 7 nitrogen and oxygen atoms in total. The smallest absolute Gasteiger partial charge is 0.330 e. The Balaban J connectivity index is 2.13. The Kier molecular flexibility index (Phi) is 4.09. The summed E-state index contributed by atoms with van der Waals surface area (Å²) in [5, 5.41) is 14.4. The summed E-state index contributed by atoms with van der Waals surface area (Å²) in [4.78, 5) is 35.4. The highest BCUT2D eigenvalue weighted by molar-refractivity contribution is 6.30. The Labute approximate surface area is 119 Å². The van der Waals surface area contributed by atoms with Crippen molar-refractivity contribution < 1.29 is 19.5 Å². The molecule has 8 heteroatoms. The van der Waals surface area contributed by atoms with Crippen LogP contribution in [0.2, 0.25) is 5.02 Å². The summed E-state index contributed by atoms with van der Waals surface area (Å²) < 4.78 is 0. The van der Waals surface area contributed by atoms with Crippen molar-refractivity contribution in [3.8, 4) is 0 Å². The van der Waals surface area contributed by atoms with Crippen LogP contribution >= 0.6 is 11.6 Å². The van der Waals surface area contributed by atoms with E-state index >= 15 is 0 Å². The molecule has 20 heavy (non-hydrogen) atoms. The minimum absolute atomic E-state index is 0.206. The van der Waals surface area contributed by atoms with Crippen molar-refractivity contribution in [2.24, 2.45) is 0 Å². The van der Waals surface area contributed by atoms with Gasteiger partial charge in [0.2, 0.25) is 0 Å². The van der Waals surface area contributed by atoms with Crippen LogP contribution in [0.5, 0.6) is 0 Å². The summed E-state index contributed by atoms with van der Waals surface area (Å²) in [6.45, 7) is 0.558. The third-order valence-corrected chi connectivity index (χ3v) is 3.07. The predicted octanol–water partition coefficient (Wildman–Crippen LogP) is 1.20. The summed E-state index contributed by atoms with van der Waals surface area (Å²) >= 11 is 5.73. The molecule has 0 aromatic heterocycles. The van der Waals surface area contributed by atoms with Gasteiger partial charge >= 0.3 is 18.0 Å². The normalized spacial score (nSPS) is 15.7. The zero-order chi connectivity index (χ0) is 14.7. The minimum atomic E-state index is -1.24. The molecule has 1 fully saturated rings. The minimum Gasteiger partial charge on any atom is -0.479 e. The van der Waals surface area contributed by atoms with Crippen LogP contribution in [0.15, 0.2) is 24.3 Å². The van der Waals surface area contributed by atoms with Gasteiger partial charge in [0.15, 0.2) is 6.04 Å². The predicted molar refractivity (Wildman–Crippen MR) is 70.5 cm³/mol. The van der Waals surface area contributed by atoms with Crippen molar-refractivity contribution in [1.29, 1.82) is 0 Å². The Morgan fingerprint density at radius 3 is 2.50 bits per heavy atom. The van der Waals surface area contributed by atoms with Crippen LogP contribution in [0, 0.1) is 0 Å². The SMILES string of the molecule is O=C(O)C(NC(=O)N1CCNC1=O)c1ccc(Cl)cc1. The number of urea groups is 2. The monoisotopic (exact) mass is 297 g/mol. The van der Waals surface area contributed by atoms with E-state index in [2.05, 4.69) is 10.6 Å². The second-order valence-electron chi connectivity index (χ2n) is 4.16. The van der Waals surface area contributed by atoms with Gasteiger partial charge in [-0.25, -0.2) is 19.3 Å². The van der Waals surface area contributed by atoms with Gasteiger partial charge in [-0.3, -0.25) is 0 Å². The molecule has 0 bridgehead atoms. The molecule has 1 aliphatic rings. The number of hydrogen-bond acceptors (Lipinski definition) is 3. The second kappa shape index (κ2) is 5.79. The van der Waals surface area contributed by atoms with Crippen molar-refractivity contribution in [3.63, 3.8) is 0 Å². The first-order valence-electron chi connectivity index (χ1n) is 5.83. The summed E-state index contributed by atoms with van der Waals surface area (Å²) in [5.74, 6) is -1.22. The topological polar surface area (TPSA) is 98.7 Å². The van der Waals surface area contributed by atoms with Gasteiger partial charge in [0.05, 0.1) is 0 Å².